The molecular formula is C18H15FN6O. The fraction of sp³-hybridized carbons (Fsp3) is 0.222. The van der Waals surface area contributed by atoms with Gasteiger partial charge in [-0.1, -0.05) is 17.3 Å². The summed E-state index contributed by atoms with van der Waals surface area (Å²) in [6.07, 6.45) is 3.89. The van der Waals surface area contributed by atoms with Gasteiger partial charge < -0.3 is 9.84 Å². The smallest absolute Gasteiger partial charge is 0.245 e. The van der Waals surface area contributed by atoms with Gasteiger partial charge in [0.2, 0.25) is 5.89 Å². The highest BCUT2D eigenvalue weighted by atomic mass is 19.1. The molecule has 0 unspecified atom stereocenters. The van der Waals surface area contributed by atoms with E-state index in [2.05, 4.69) is 25.5 Å². The maximum Gasteiger partial charge on any atom is 0.245 e. The summed E-state index contributed by atoms with van der Waals surface area (Å²) in [4.78, 5) is 8.89. The van der Waals surface area contributed by atoms with Crippen LogP contribution < -0.4 is 5.32 Å². The number of hydrogen-bond acceptors (Lipinski definition) is 6. The first kappa shape index (κ1) is 15.0. The molecule has 1 N–H and O–H groups in total. The first-order chi connectivity index (χ1) is 12.8. The fourth-order valence-corrected chi connectivity index (χ4v) is 2.86. The van der Waals surface area contributed by atoms with Gasteiger partial charge in [0.05, 0.1) is 18.4 Å². The van der Waals surface area contributed by atoms with Crippen LogP contribution in [0.2, 0.25) is 0 Å². The Morgan fingerprint density at radius 3 is 2.92 bits per heavy atom. The zero-order chi connectivity index (χ0) is 17.5. The fourth-order valence-electron chi connectivity index (χ4n) is 2.86. The van der Waals surface area contributed by atoms with E-state index in [9.17, 15) is 4.39 Å². The molecule has 1 fully saturated rings. The molecule has 0 spiro atoms. The van der Waals surface area contributed by atoms with E-state index < -0.39 is 0 Å². The Balaban J connectivity index is 1.47. The van der Waals surface area contributed by atoms with Gasteiger partial charge in [-0.3, -0.25) is 0 Å². The summed E-state index contributed by atoms with van der Waals surface area (Å²) in [5, 5.41) is 11.5. The maximum atomic E-state index is 14.2. The highest BCUT2D eigenvalue weighted by molar-refractivity contribution is 5.66. The Morgan fingerprint density at radius 2 is 2.08 bits per heavy atom. The number of nitrogens with zero attached hydrogens (tertiary/aromatic N) is 5. The third-order valence-electron chi connectivity index (χ3n) is 4.36. The number of rotatable bonds is 5. The first-order valence-electron chi connectivity index (χ1n) is 8.44. The second-order valence-electron chi connectivity index (χ2n) is 6.28. The van der Waals surface area contributed by atoms with E-state index in [-0.39, 0.29) is 5.82 Å². The molecular weight excluding hydrogens is 335 g/mol. The number of benzene rings is 1. The molecule has 0 amide bonds. The summed E-state index contributed by atoms with van der Waals surface area (Å²) >= 11 is 0. The van der Waals surface area contributed by atoms with E-state index in [0.717, 1.165) is 18.7 Å². The number of aromatic nitrogens is 5. The van der Waals surface area contributed by atoms with Gasteiger partial charge in [0.1, 0.15) is 11.6 Å². The minimum absolute atomic E-state index is 0.319. The summed E-state index contributed by atoms with van der Waals surface area (Å²) in [7, 11) is 0. The van der Waals surface area contributed by atoms with Gasteiger partial charge in [-0.2, -0.15) is 14.6 Å². The van der Waals surface area contributed by atoms with Gasteiger partial charge in [0.25, 0.3) is 0 Å². The molecule has 1 saturated carbocycles. The number of hydrogen-bond donors (Lipinski definition) is 1. The summed E-state index contributed by atoms with van der Waals surface area (Å²) in [6.45, 7) is 0.357. The minimum Gasteiger partial charge on any atom is -0.361 e. The van der Waals surface area contributed by atoms with Crippen molar-refractivity contribution in [2.45, 2.75) is 25.3 Å². The van der Waals surface area contributed by atoms with E-state index in [1.165, 1.54) is 6.07 Å². The number of anilines is 1. The summed E-state index contributed by atoms with van der Waals surface area (Å²) in [6, 6.07) is 10.1. The standard InChI is InChI=1S/C18H15FN6O/c19-13-4-2-1-3-12(13)14-9-16(25-15(22-14)7-8-21-25)20-10-17-23-18(24-26-17)11-5-6-11/h1-4,7-9,11,20H,5-6,10H2. The first-order valence-corrected chi connectivity index (χ1v) is 8.44. The predicted octanol–water partition coefficient (Wildman–Crippen LogP) is 3.41. The van der Waals surface area contributed by atoms with Crippen molar-refractivity contribution in [2.24, 2.45) is 0 Å². The van der Waals surface area contributed by atoms with Crippen LogP contribution in [0.4, 0.5) is 10.2 Å². The second kappa shape index (κ2) is 5.91. The predicted molar refractivity (Wildman–Crippen MR) is 92.0 cm³/mol. The Kier molecular flexibility index (Phi) is 3.41. The molecule has 0 saturated heterocycles. The van der Waals surface area contributed by atoms with E-state index in [1.54, 1.807) is 41.0 Å². The van der Waals surface area contributed by atoms with Crippen molar-refractivity contribution < 1.29 is 8.91 Å². The third-order valence-corrected chi connectivity index (χ3v) is 4.36. The van der Waals surface area contributed by atoms with Gasteiger partial charge in [-0.25, -0.2) is 9.37 Å². The molecule has 1 aromatic carbocycles. The third kappa shape index (κ3) is 2.69. The molecule has 0 aliphatic heterocycles. The highest BCUT2D eigenvalue weighted by Crippen LogP contribution is 2.38. The molecule has 1 aliphatic rings. The van der Waals surface area contributed by atoms with Gasteiger partial charge in [0.15, 0.2) is 11.5 Å². The molecule has 0 radical (unpaired) electrons. The van der Waals surface area contributed by atoms with Crippen LogP contribution in [-0.2, 0) is 6.54 Å². The maximum absolute atomic E-state index is 14.2. The van der Waals surface area contributed by atoms with Crippen LogP contribution in [-0.4, -0.2) is 24.7 Å². The lowest BCUT2D eigenvalue weighted by Crippen LogP contribution is -2.07. The van der Waals surface area contributed by atoms with Crippen LogP contribution in [0.5, 0.6) is 0 Å². The largest absolute Gasteiger partial charge is 0.361 e. The van der Waals surface area contributed by atoms with Crippen LogP contribution >= 0.6 is 0 Å². The molecule has 8 heteroatoms. The number of halogens is 1. The summed E-state index contributed by atoms with van der Waals surface area (Å²) in [5.74, 6) is 2.08. The van der Waals surface area contributed by atoms with Crippen molar-refractivity contribution in [3.05, 3.63) is 60.1 Å². The van der Waals surface area contributed by atoms with Crippen LogP contribution in [0.15, 0.2) is 47.1 Å². The van der Waals surface area contributed by atoms with Gasteiger partial charge >= 0.3 is 0 Å². The van der Waals surface area contributed by atoms with E-state index >= 15 is 0 Å². The minimum atomic E-state index is -0.319. The van der Waals surface area contributed by atoms with Gasteiger partial charge in [-0.05, 0) is 25.0 Å². The van der Waals surface area contributed by atoms with E-state index in [1.807, 2.05) is 0 Å². The quantitative estimate of drug-likeness (QED) is 0.594. The molecule has 4 aromatic rings. The molecule has 1 aliphatic carbocycles. The topological polar surface area (TPSA) is 81.1 Å². The van der Waals surface area contributed by atoms with Crippen LogP contribution in [0.25, 0.3) is 16.9 Å². The van der Waals surface area contributed by atoms with Crippen LogP contribution in [0, 0.1) is 5.82 Å². The zero-order valence-corrected chi connectivity index (χ0v) is 13.8. The molecule has 130 valence electrons. The normalized spacial score (nSPS) is 14.0. The summed E-state index contributed by atoms with van der Waals surface area (Å²) < 4.78 is 21.1. The molecule has 7 nitrogen and oxygen atoms in total. The number of nitrogens with one attached hydrogen (secondary N) is 1. The van der Waals surface area contributed by atoms with E-state index in [0.29, 0.717) is 41.1 Å². The Hall–Kier alpha value is -3.29. The van der Waals surface area contributed by atoms with Crippen molar-refractivity contribution in [1.29, 1.82) is 0 Å². The SMILES string of the molecule is Fc1ccccc1-c1cc(NCc2nc(C3CC3)no2)n2nccc2n1. The van der Waals surface area contributed by atoms with Gasteiger partial charge in [0, 0.05) is 23.6 Å². The molecule has 3 heterocycles. The lowest BCUT2D eigenvalue weighted by Gasteiger charge is -2.09. The van der Waals surface area contributed by atoms with E-state index in [4.69, 9.17) is 4.52 Å². The Morgan fingerprint density at radius 1 is 1.19 bits per heavy atom. The number of fused-ring (bicyclic) bond motifs is 1. The highest BCUT2D eigenvalue weighted by Gasteiger charge is 2.28. The average molecular weight is 350 g/mol. The second-order valence-corrected chi connectivity index (χ2v) is 6.28. The molecule has 5 rings (SSSR count). The van der Waals surface area contributed by atoms with Crippen molar-refractivity contribution >= 4 is 11.5 Å². The Bertz CT molecular complexity index is 1080. The van der Waals surface area contributed by atoms with Gasteiger partial charge in [-0.15, -0.1) is 0 Å². The molecule has 26 heavy (non-hydrogen) atoms. The lowest BCUT2D eigenvalue weighted by atomic mass is 10.1. The van der Waals surface area contributed by atoms with Crippen molar-refractivity contribution in [2.75, 3.05) is 5.32 Å². The van der Waals surface area contributed by atoms with Crippen molar-refractivity contribution in [3.8, 4) is 11.3 Å². The summed E-state index contributed by atoms with van der Waals surface area (Å²) in [5.41, 5.74) is 1.59. The average Bonchev–Trinajstić information content (AvgIpc) is 3.20. The molecule has 3 aromatic heterocycles. The monoisotopic (exact) mass is 350 g/mol. The van der Waals surface area contributed by atoms with Crippen molar-refractivity contribution in [3.63, 3.8) is 0 Å². The van der Waals surface area contributed by atoms with Crippen LogP contribution in [0.3, 0.4) is 0 Å². The molecule has 0 atom stereocenters. The van der Waals surface area contributed by atoms with Crippen LogP contribution in [0.1, 0.15) is 30.5 Å². The zero-order valence-electron chi connectivity index (χ0n) is 13.8. The molecule has 0 bridgehead atoms. The Labute approximate surface area is 147 Å². The van der Waals surface area contributed by atoms with Crippen molar-refractivity contribution in [1.82, 2.24) is 24.7 Å². The lowest BCUT2D eigenvalue weighted by molar-refractivity contribution is 0.377.